The van der Waals surface area contributed by atoms with Gasteiger partial charge in [-0.1, -0.05) is 33.8 Å². The number of esters is 3. The standard InChI is InChI=1S/C27H41NO9/c1-8-10-24(29)36-22-13-12-20(15-23(22)37-25(30)11-9-2)14-21(28)26(31)33-18(6)19(7)35-27(32)34-17(5)16(3)4/h12-13,15-19,21H,8-11,14,28H2,1-7H3/t17?,18-,19?,21-/m0/s1. The monoisotopic (exact) mass is 523 g/mol. The second-order valence-electron chi connectivity index (χ2n) is 9.32. The molecule has 1 aromatic carbocycles. The van der Waals surface area contributed by atoms with Crippen LogP contribution in [0.4, 0.5) is 4.79 Å². The zero-order valence-corrected chi connectivity index (χ0v) is 22.9. The lowest BCUT2D eigenvalue weighted by Crippen LogP contribution is -2.39. The van der Waals surface area contributed by atoms with Gasteiger partial charge in [0.2, 0.25) is 0 Å². The highest BCUT2D eigenvalue weighted by molar-refractivity contribution is 5.77. The SMILES string of the molecule is CCCC(=O)Oc1ccc(C[C@H](N)C(=O)O[C@@H](C)C(C)OC(=O)OC(C)C(C)C)cc1OC(=O)CCC. The predicted octanol–water partition coefficient (Wildman–Crippen LogP) is 4.49. The molecule has 2 unspecified atom stereocenters. The summed E-state index contributed by atoms with van der Waals surface area (Å²) in [5.41, 5.74) is 6.63. The number of ether oxygens (including phenoxy) is 5. The Morgan fingerprint density at radius 1 is 0.757 bits per heavy atom. The highest BCUT2D eigenvalue weighted by atomic mass is 16.7. The van der Waals surface area contributed by atoms with Crippen molar-refractivity contribution in [3.63, 3.8) is 0 Å². The molecule has 0 aliphatic rings. The van der Waals surface area contributed by atoms with E-state index in [4.69, 9.17) is 29.4 Å². The number of carbonyl (C=O) groups is 4. The number of hydrogen-bond donors (Lipinski definition) is 1. The van der Waals surface area contributed by atoms with Gasteiger partial charge in [-0.2, -0.15) is 0 Å². The van der Waals surface area contributed by atoms with Crippen molar-refractivity contribution in [2.45, 2.75) is 105 Å². The molecule has 10 nitrogen and oxygen atoms in total. The van der Waals surface area contributed by atoms with Crippen LogP contribution < -0.4 is 15.2 Å². The lowest BCUT2D eigenvalue weighted by Gasteiger charge is -2.23. The molecule has 0 bridgehead atoms. The summed E-state index contributed by atoms with van der Waals surface area (Å²) < 4.78 is 26.5. The Morgan fingerprint density at radius 3 is 1.81 bits per heavy atom. The molecule has 0 saturated carbocycles. The smallest absolute Gasteiger partial charge is 0.458 e. The molecule has 0 spiro atoms. The lowest BCUT2D eigenvalue weighted by atomic mass is 10.1. The van der Waals surface area contributed by atoms with Crippen molar-refractivity contribution >= 4 is 24.1 Å². The summed E-state index contributed by atoms with van der Waals surface area (Å²) in [5, 5.41) is 0. The molecule has 208 valence electrons. The number of nitrogens with two attached hydrogens (primary N) is 1. The third-order valence-corrected chi connectivity index (χ3v) is 5.59. The van der Waals surface area contributed by atoms with Crippen LogP contribution in [0.3, 0.4) is 0 Å². The quantitative estimate of drug-likeness (QED) is 0.274. The summed E-state index contributed by atoms with van der Waals surface area (Å²) in [6.45, 7) is 12.4. The average Bonchev–Trinajstić information content (AvgIpc) is 2.80. The first-order valence-electron chi connectivity index (χ1n) is 12.7. The fraction of sp³-hybridized carbons (Fsp3) is 0.630. The number of benzene rings is 1. The Balaban J connectivity index is 2.82. The minimum absolute atomic E-state index is 0.0657. The Bertz CT molecular complexity index is 915. The van der Waals surface area contributed by atoms with E-state index in [1.165, 1.54) is 12.1 Å². The van der Waals surface area contributed by atoms with Gasteiger partial charge >= 0.3 is 24.1 Å². The first kappa shape index (κ1) is 31.9. The van der Waals surface area contributed by atoms with Crippen molar-refractivity contribution < 1.29 is 42.9 Å². The van der Waals surface area contributed by atoms with Crippen molar-refractivity contribution in [2.75, 3.05) is 0 Å². The van der Waals surface area contributed by atoms with E-state index in [1.807, 2.05) is 27.7 Å². The topological polar surface area (TPSA) is 140 Å². The molecule has 10 heteroatoms. The van der Waals surface area contributed by atoms with Crippen molar-refractivity contribution in [3.8, 4) is 11.5 Å². The molecular weight excluding hydrogens is 482 g/mol. The Hall–Kier alpha value is -3.14. The molecule has 0 saturated heterocycles. The second-order valence-corrected chi connectivity index (χ2v) is 9.32. The van der Waals surface area contributed by atoms with Gasteiger partial charge in [-0.3, -0.25) is 14.4 Å². The summed E-state index contributed by atoms with van der Waals surface area (Å²) in [6, 6.07) is 3.59. The van der Waals surface area contributed by atoms with Gasteiger partial charge in [-0.05, 0) is 63.6 Å². The predicted molar refractivity (Wildman–Crippen MR) is 136 cm³/mol. The van der Waals surface area contributed by atoms with E-state index < -0.39 is 42.3 Å². The maximum Gasteiger partial charge on any atom is 0.508 e. The molecule has 0 amide bonds. The Morgan fingerprint density at radius 2 is 1.27 bits per heavy atom. The molecule has 0 heterocycles. The van der Waals surface area contributed by atoms with Gasteiger partial charge in [-0.25, -0.2) is 4.79 Å². The van der Waals surface area contributed by atoms with Gasteiger partial charge in [0.05, 0.1) is 0 Å². The van der Waals surface area contributed by atoms with Crippen LogP contribution >= 0.6 is 0 Å². The number of hydrogen-bond acceptors (Lipinski definition) is 10. The molecule has 0 aliphatic carbocycles. The maximum absolute atomic E-state index is 12.6. The lowest BCUT2D eigenvalue weighted by molar-refractivity contribution is -0.156. The van der Waals surface area contributed by atoms with Crippen molar-refractivity contribution in [1.29, 1.82) is 0 Å². The van der Waals surface area contributed by atoms with E-state index in [9.17, 15) is 19.2 Å². The number of rotatable bonds is 14. The zero-order valence-electron chi connectivity index (χ0n) is 22.9. The fourth-order valence-electron chi connectivity index (χ4n) is 2.87. The van der Waals surface area contributed by atoms with Crippen LogP contribution in [0.1, 0.15) is 79.7 Å². The molecule has 0 fully saturated rings. The highest BCUT2D eigenvalue weighted by Gasteiger charge is 2.26. The first-order chi connectivity index (χ1) is 17.4. The molecule has 1 aromatic rings. The fourth-order valence-corrected chi connectivity index (χ4v) is 2.87. The van der Waals surface area contributed by atoms with Crippen LogP contribution in [0.5, 0.6) is 11.5 Å². The van der Waals surface area contributed by atoms with E-state index in [-0.39, 0.29) is 42.8 Å². The van der Waals surface area contributed by atoms with Gasteiger partial charge < -0.3 is 29.4 Å². The molecule has 1 rings (SSSR count). The minimum atomic E-state index is -1.05. The molecule has 0 aliphatic heterocycles. The minimum Gasteiger partial charge on any atom is -0.458 e. The van der Waals surface area contributed by atoms with Crippen LogP contribution in [-0.4, -0.2) is 48.4 Å². The average molecular weight is 524 g/mol. The molecule has 4 atom stereocenters. The zero-order chi connectivity index (χ0) is 28.1. The number of carbonyl (C=O) groups excluding carboxylic acids is 4. The van der Waals surface area contributed by atoms with Crippen molar-refractivity contribution in [2.24, 2.45) is 11.7 Å². The molecule has 0 radical (unpaired) electrons. The van der Waals surface area contributed by atoms with Gasteiger partial charge in [0.1, 0.15) is 24.4 Å². The third kappa shape index (κ3) is 11.6. The Labute approximate surface area is 219 Å². The van der Waals surface area contributed by atoms with E-state index in [1.54, 1.807) is 26.8 Å². The van der Waals surface area contributed by atoms with Crippen molar-refractivity contribution in [1.82, 2.24) is 0 Å². The maximum atomic E-state index is 12.6. The van der Waals surface area contributed by atoms with E-state index in [0.717, 1.165) is 0 Å². The van der Waals surface area contributed by atoms with Gasteiger partial charge in [0.25, 0.3) is 0 Å². The van der Waals surface area contributed by atoms with Crippen LogP contribution in [0.25, 0.3) is 0 Å². The van der Waals surface area contributed by atoms with Crippen LogP contribution in [0.2, 0.25) is 0 Å². The summed E-state index contributed by atoms with van der Waals surface area (Å²) >= 11 is 0. The van der Waals surface area contributed by atoms with E-state index >= 15 is 0 Å². The van der Waals surface area contributed by atoms with Gasteiger partial charge in [0.15, 0.2) is 11.5 Å². The van der Waals surface area contributed by atoms with E-state index in [0.29, 0.717) is 18.4 Å². The highest BCUT2D eigenvalue weighted by Crippen LogP contribution is 2.30. The summed E-state index contributed by atoms with van der Waals surface area (Å²) in [4.78, 5) is 48.5. The summed E-state index contributed by atoms with van der Waals surface area (Å²) in [5.74, 6) is -1.30. The molecule has 2 N–H and O–H groups in total. The molecule has 37 heavy (non-hydrogen) atoms. The largest absolute Gasteiger partial charge is 0.508 e. The van der Waals surface area contributed by atoms with Crippen molar-refractivity contribution in [3.05, 3.63) is 23.8 Å². The van der Waals surface area contributed by atoms with E-state index in [2.05, 4.69) is 0 Å². The summed E-state index contributed by atoms with van der Waals surface area (Å²) in [6.07, 6.45) is -1.01. The van der Waals surface area contributed by atoms with Crippen LogP contribution in [0.15, 0.2) is 18.2 Å². The van der Waals surface area contributed by atoms with Crippen LogP contribution in [0, 0.1) is 5.92 Å². The second kappa shape index (κ2) is 15.9. The summed E-state index contributed by atoms with van der Waals surface area (Å²) in [7, 11) is 0. The van der Waals surface area contributed by atoms with Crippen LogP contribution in [-0.2, 0) is 35.0 Å². The molecule has 0 aromatic heterocycles. The van der Waals surface area contributed by atoms with Gasteiger partial charge in [-0.15, -0.1) is 0 Å². The van der Waals surface area contributed by atoms with Gasteiger partial charge in [0, 0.05) is 12.8 Å². The molecular formula is C27H41NO9. The first-order valence-corrected chi connectivity index (χ1v) is 12.7. The Kier molecular flexibility index (Phi) is 13.7. The normalized spacial score (nSPS) is 14.2. The third-order valence-electron chi connectivity index (χ3n) is 5.59.